The molecule has 2 aliphatic heterocycles. The van der Waals surface area contributed by atoms with Crippen LogP contribution in [-0.2, 0) is 10.0 Å². The van der Waals surface area contributed by atoms with Crippen molar-refractivity contribution in [2.75, 3.05) is 34.2 Å². The average molecular weight is 447 g/mol. The Morgan fingerprint density at radius 1 is 1.03 bits per heavy atom. The Morgan fingerprint density at radius 2 is 1.73 bits per heavy atom. The maximum absolute atomic E-state index is 12.8. The highest BCUT2D eigenvalue weighted by Crippen LogP contribution is 2.28. The third-order valence-electron chi connectivity index (χ3n) is 4.85. The zero-order chi connectivity index (χ0) is 21.5. The Labute approximate surface area is 176 Å². The molecule has 1 fully saturated rings. The summed E-state index contributed by atoms with van der Waals surface area (Å²) in [5, 5.41) is 11.7. The fourth-order valence-electron chi connectivity index (χ4n) is 3.38. The van der Waals surface area contributed by atoms with Gasteiger partial charge in [0.25, 0.3) is 21.8 Å². The van der Waals surface area contributed by atoms with Gasteiger partial charge in [0.2, 0.25) is 0 Å². The topological polar surface area (TPSA) is 133 Å². The van der Waals surface area contributed by atoms with E-state index in [1.54, 1.807) is 17.8 Å². The van der Waals surface area contributed by atoms with E-state index in [2.05, 4.69) is 10.0 Å². The number of fused-ring (bicyclic) bond motifs is 1. The van der Waals surface area contributed by atoms with Crippen LogP contribution in [0.2, 0.25) is 0 Å². The minimum atomic E-state index is -4.11. The Kier molecular flexibility index (Phi) is 5.16. The van der Waals surface area contributed by atoms with E-state index in [0.717, 1.165) is 17.6 Å². The number of rotatable bonds is 5. The largest absolute Gasteiger partial charge is 0.478 e. The normalized spacial score (nSPS) is 16.2. The van der Waals surface area contributed by atoms with E-state index in [1.165, 1.54) is 24.3 Å². The number of anilines is 2. The number of carbonyl (C=O) groups excluding carboxylic acids is 2. The molecule has 2 aromatic rings. The first-order chi connectivity index (χ1) is 14.3. The van der Waals surface area contributed by atoms with Crippen molar-refractivity contribution in [2.45, 2.75) is 4.90 Å². The first kappa shape index (κ1) is 20.2. The molecule has 2 aromatic carbocycles. The van der Waals surface area contributed by atoms with Gasteiger partial charge in [-0.2, -0.15) is 11.8 Å². The van der Waals surface area contributed by atoms with Gasteiger partial charge in [0.05, 0.1) is 27.3 Å². The number of amides is 2. The van der Waals surface area contributed by atoms with E-state index in [1.807, 2.05) is 4.90 Å². The molecule has 0 aliphatic carbocycles. The zero-order valence-electron chi connectivity index (χ0n) is 15.5. The number of hydrogen-bond donors (Lipinski definition) is 3. The standard InChI is InChI=1S/C19H17N3O6S2/c23-17-13-3-2-12(10-14(13)18(24)20-17)30(27,28)21-11-1-4-16(15(9-11)19(25)26)22-5-7-29-8-6-22/h1-4,9-10,21H,5-8H2,(H,25,26)(H,20,23,24). The van der Waals surface area contributed by atoms with E-state index in [-0.39, 0.29) is 27.3 Å². The molecular formula is C19H17N3O6S2. The highest BCUT2D eigenvalue weighted by atomic mass is 32.2. The van der Waals surface area contributed by atoms with Crippen molar-refractivity contribution in [2.24, 2.45) is 0 Å². The lowest BCUT2D eigenvalue weighted by Crippen LogP contribution is -2.33. The Morgan fingerprint density at radius 3 is 2.43 bits per heavy atom. The summed E-state index contributed by atoms with van der Waals surface area (Å²) in [6.45, 7) is 1.43. The third kappa shape index (κ3) is 3.73. The van der Waals surface area contributed by atoms with E-state index < -0.39 is 27.8 Å². The molecule has 0 saturated carbocycles. The molecule has 156 valence electrons. The lowest BCUT2D eigenvalue weighted by molar-refractivity contribution is 0.0696. The second kappa shape index (κ2) is 7.65. The molecule has 1 saturated heterocycles. The molecule has 3 N–H and O–H groups in total. The molecule has 4 rings (SSSR count). The van der Waals surface area contributed by atoms with Gasteiger partial charge in [-0.15, -0.1) is 0 Å². The molecule has 0 radical (unpaired) electrons. The van der Waals surface area contributed by atoms with Crippen molar-refractivity contribution in [3.63, 3.8) is 0 Å². The smallest absolute Gasteiger partial charge is 0.337 e. The van der Waals surface area contributed by atoms with E-state index in [9.17, 15) is 27.9 Å². The monoisotopic (exact) mass is 447 g/mol. The van der Waals surface area contributed by atoms with Gasteiger partial charge in [-0.05, 0) is 36.4 Å². The lowest BCUT2D eigenvalue weighted by Gasteiger charge is -2.29. The molecule has 0 bridgehead atoms. The predicted molar refractivity (Wildman–Crippen MR) is 112 cm³/mol. The summed E-state index contributed by atoms with van der Waals surface area (Å²) in [6.07, 6.45) is 0. The number of nitrogens with zero attached hydrogens (tertiary/aromatic N) is 1. The maximum atomic E-state index is 12.8. The summed E-state index contributed by atoms with van der Waals surface area (Å²) in [5.74, 6) is -0.616. The minimum Gasteiger partial charge on any atom is -0.478 e. The number of sulfonamides is 1. The van der Waals surface area contributed by atoms with Crippen LogP contribution in [0.15, 0.2) is 41.3 Å². The van der Waals surface area contributed by atoms with Gasteiger partial charge in [0.15, 0.2) is 0 Å². The van der Waals surface area contributed by atoms with Crippen molar-refractivity contribution in [1.82, 2.24) is 5.32 Å². The average Bonchev–Trinajstić information content (AvgIpc) is 3.01. The first-order valence-electron chi connectivity index (χ1n) is 8.99. The fraction of sp³-hybridized carbons (Fsp3) is 0.211. The number of imide groups is 1. The van der Waals surface area contributed by atoms with Crippen LogP contribution in [-0.4, -0.2) is 55.9 Å². The summed E-state index contributed by atoms with van der Waals surface area (Å²) >= 11 is 1.79. The van der Waals surface area contributed by atoms with Crippen molar-refractivity contribution in [1.29, 1.82) is 0 Å². The maximum Gasteiger partial charge on any atom is 0.337 e. The number of carboxylic acid groups (broad SMARTS) is 1. The highest BCUT2D eigenvalue weighted by Gasteiger charge is 2.29. The van der Waals surface area contributed by atoms with Gasteiger partial charge in [0.1, 0.15) is 0 Å². The van der Waals surface area contributed by atoms with Crippen molar-refractivity contribution < 1.29 is 27.9 Å². The SMILES string of the molecule is O=C1NC(=O)c2cc(S(=O)(=O)Nc3ccc(N4CCSCC4)c(C(=O)O)c3)ccc21. The van der Waals surface area contributed by atoms with Gasteiger partial charge in [-0.25, -0.2) is 13.2 Å². The summed E-state index contributed by atoms with van der Waals surface area (Å²) in [6, 6.07) is 7.98. The summed E-state index contributed by atoms with van der Waals surface area (Å²) in [4.78, 5) is 37.0. The van der Waals surface area contributed by atoms with Crippen LogP contribution in [0.5, 0.6) is 0 Å². The van der Waals surface area contributed by atoms with Gasteiger partial charge in [0, 0.05) is 30.3 Å². The van der Waals surface area contributed by atoms with Gasteiger partial charge in [-0.3, -0.25) is 19.6 Å². The van der Waals surface area contributed by atoms with Crippen LogP contribution in [0.4, 0.5) is 11.4 Å². The van der Waals surface area contributed by atoms with E-state index in [0.29, 0.717) is 18.8 Å². The molecule has 0 aromatic heterocycles. The third-order valence-corrected chi connectivity index (χ3v) is 7.17. The second-order valence-electron chi connectivity index (χ2n) is 6.73. The Hall–Kier alpha value is -3.05. The predicted octanol–water partition coefficient (Wildman–Crippen LogP) is 1.62. The molecule has 0 atom stereocenters. The number of carboxylic acids is 1. The number of benzene rings is 2. The van der Waals surface area contributed by atoms with Crippen LogP contribution >= 0.6 is 11.8 Å². The molecular weight excluding hydrogens is 430 g/mol. The first-order valence-corrected chi connectivity index (χ1v) is 11.6. The van der Waals surface area contributed by atoms with Gasteiger partial charge in [-0.1, -0.05) is 0 Å². The zero-order valence-corrected chi connectivity index (χ0v) is 17.2. The quantitative estimate of drug-likeness (QED) is 0.589. The number of thioether (sulfide) groups is 1. The Balaban J connectivity index is 1.64. The van der Waals surface area contributed by atoms with Gasteiger partial charge < -0.3 is 10.0 Å². The van der Waals surface area contributed by atoms with Crippen molar-refractivity contribution in [3.8, 4) is 0 Å². The lowest BCUT2D eigenvalue weighted by atomic mass is 10.1. The van der Waals surface area contributed by atoms with E-state index in [4.69, 9.17) is 0 Å². The molecule has 2 amide bonds. The number of aromatic carboxylic acids is 1. The van der Waals surface area contributed by atoms with Crippen LogP contribution in [0.1, 0.15) is 31.1 Å². The molecule has 30 heavy (non-hydrogen) atoms. The fourth-order valence-corrected chi connectivity index (χ4v) is 5.36. The van der Waals surface area contributed by atoms with Gasteiger partial charge >= 0.3 is 5.97 Å². The molecule has 11 heteroatoms. The summed E-state index contributed by atoms with van der Waals surface area (Å²) in [5.41, 5.74) is 0.714. The van der Waals surface area contributed by atoms with Crippen molar-refractivity contribution >= 4 is 50.9 Å². The molecule has 0 unspecified atom stereocenters. The number of nitrogens with one attached hydrogen (secondary N) is 2. The summed E-state index contributed by atoms with van der Waals surface area (Å²) < 4.78 is 27.9. The van der Waals surface area contributed by atoms with Crippen LogP contribution in [0.25, 0.3) is 0 Å². The molecule has 2 aliphatic rings. The molecule has 0 spiro atoms. The summed E-state index contributed by atoms with van der Waals surface area (Å²) in [7, 11) is -4.11. The number of carbonyl (C=O) groups is 3. The van der Waals surface area contributed by atoms with Crippen LogP contribution in [0, 0.1) is 0 Å². The van der Waals surface area contributed by atoms with E-state index >= 15 is 0 Å². The molecule has 9 nitrogen and oxygen atoms in total. The minimum absolute atomic E-state index is 0.000952. The highest BCUT2D eigenvalue weighted by molar-refractivity contribution is 7.99. The van der Waals surface area contributed by atoms with Crippen molar-refractivity contribution in [3.05, 3.63) is 53.1 Å². The second-order valence-corrected chi connectivity index (χ2v) is 9.64. The molecule has 2 heterocycles. The Bertz CT molecular complexity index is 1170. The number of hydrogen-bond acceptors (Lipinski definition) is 7. The van der Waals surface area contributed by atoms with Crippen LogP contribution in [0.3, 0.4) is 0 Å². The van der Waals surface area contributed by atoms with Crippen LogP contribution < -0.4 is 14.9 Å².